The number of alkyl halides is 3. The summed E-state index contributed by atoms with van der Waals surface area (Å²) in [4.78, 5) is 8.78. The first kappa shape index (κ1) is 16.0. The molecule has 0 bridgehead atoms. The molecule has 0 aliphatic carbocycles. The molecule has 4 aromatic heterocycles. The summed E-state index contributed by atoms with van der Waals surface area (Å²) >= 11 is 0. The van der Waals surface area contributed by atoms with Crippen LogP contribution in [0.25, 0.3) is 28.1 Å². The minimum atomic E-state index is -4.38. The highest BCUT2D eigenvalue weighted by molar-refractivity contribution is 5.89. The van der Waals surface area contributed by atoms with Crippen molar-refractivity contribution in [1.82, 2.24) is 39.1 Å². The number of anilines is 1. The number of nitrogens with zero attached hydrogens (tertiary/aromatic N) is 8. The number of hydrogen-bond donors (Lipinski definition) is 1. The van der Waals surface area contributed by atoms with Gasteiger partial charge in [0.1, 0.15) is 12.1 Å². The lowest BCUT2D eigenvalue weighted by Crippen LogP contribution is -2.38. The number of halogens is 3. The van der Waals surface area contributed by atoms with E-state index in [1.807, 2.05) is 0 Å². The Balaban J connectivity index is 1.68. The number of fused-ring (bicyclic) bond motifs is 4. The van der Waals surface area contributed by atoms with Crippen LogP contribution < -0.4 is 5.32 Å². The Morgan fingerprint density at radius 3 is 2.78 bits per heavy atom. The van der Waals surface area contributed by atoms with E-state index in [0.29, 0.717) is 22.2 Å². The van der Waals surface area contributed by atoms with Crippen molar-refractivity contribution in [2.24, 2.45) is 7.05 Å². The molecule has 5 heterocycles. The molecule has 9 nitrogen and oxygen atoms in total. The maximum absolute atomic E-state index is 13.4. The van der Waals surface area contributed by atoms with Crippen LogP contribution in [0.15, 0.2) is 18.7 Å². The van der Waals surface area contributed by atoms with Crippen LogP contribution in [-0.4, -0.2) is 51.4 Å². The number of aromatic nitrogens is 8. The molecule has 0 radical (unpaired) electrons. The largest absolute Gasteiger partial charge is 0.410 e. The van der Waals surface area contributed by atoms with Crippen LogP contribution in [0, 0.1) is 0 Å². The first-order valence-electron chi connectivity index (χ1n) is 8.27. The van der Waals surface area contributed by atoms with E-state index in [0.717, 1.165) is 4.68 Å². The van der Waals surface area contributed by atoms with Crippen molar-refractivity contribution in [3.8, 4) is 11.4 Å². The van der Waals surface area contributed by atoms with Crippen molar-refractivity contribution in [3.05, 3.63) is 18.7 Å². The topological polar surface area (TPSA) is 90.8 Å². The molecule has 0 aromatic carbocycles. The van der Waals surface area contributed by atoms with E-state index in [2.05, 4.69) is 30.6 Å². The van der Waals surface area contributed by atoms with Crippen LogP contribution in [0.4, 0.5) is 19.0 Å². The molecule has 1 aliphatic heterocycles. The standard InChI is InChI=1S/C15H14F3N9/c1-7-3-10(15(16,17)18)27-14(22-7)8(4-21-27)11-23-13-9-5-20-25(2)12(9)19-6-26(13)24-11/h4-7,10,22H,3H2,1-2H3. The molecule has 1 N–H and O–H groups in total. The molecule has 2 unspecified atom stereocenters. The van der Waals surface area contributed by atoms with Gasteiger partial charge in [-0.05, 0) is 13.3 Å². The minimum Gasteiger partial charge on any atom is -0.367 e. The maximum atomic E-state index is 13.4. The zero-order valence-electron chi connectivity index (χ0n) is 14.3. The van der Waals surface area contributed by atoms with E-state index in [1.165, 1.54) is 17.0 Å². The summed E-state index contributed by atoms with van der Waals surface area (Å²) in [5.41, 5.74) is 1.58. The van der Waals surface area contributed by atoms with Gasteiger partial charge in [0.05, 0.1) is 23.3 Å². The minimum absolute atomic E-state index is 0.0869. The normalized spacial score (nSPS) is 20.2. The lowest BCUT2D eigenvalue weighted by molar-refractivity contribution is -0.173. The summed E-state index contributed by atoms with van der Waals surface area (Å²) in [6.07, 6.45) is 0.0225. The summed E-state index contributed by atoms with van der Waals surface area (Å²) < 4.78 is 44.3. The lowest BCUT2D eigenvalue weighted by atomic mass is 10.1. The van der Waals surface area contributed by atoms with E-state index < -0.39 is 12.2 Å². The van der Waals surface area contributed by atoms with Crippen molar-refractivity contribution in [1.29, 1.82) is 0 Å². The van der Waals surface area contributed by atoms with Gasteiger partial charge in [-0.2, -0.15) is 23.4 Å². The third-order valence-electron chi connectivity index (χ3n) is 4.74. The van der Waals surface area contributed by atoms with E-state index in [4.69, 9.17) is 0 Å². The van der Waals surface area contributed by atoms with Gasteiger partial charge in [-0.1, -0.05) is 0 Å². The fraction of sp³-hybridized carbons (Fsp3) is 0.400. The summed E-state index contributed by atoms with van der Waals surface area (Å²) in [5, 5.41) is 16.3. The second kappa shape index (κ2) is 5.18. The van der Waals surface area contributed by atoms with E-state index in [1.54, 1.807) is 24.9 Å². The lowest BCUT2D eigenvalue weighted by Gasteiger charge is -2.31. The monoisotopic (exact) mass is 377 g/mol. The van der Waals surface area contributed by atoms with Crippen LogP contribution in [0.1, 0.15) is 19.4 Å². The molecule has 0 spiro atoms. The van der Waals surface area contributed by atoms with Gasteiger partial charge in [0.25, 0.3) is 0 Å². The highest BCUT2D eigenvalue weighted by Gasteiger charge is 2.46. The third-order valence-corrected chi connectivity index (χ3v) is 4.74. The molecule has 0 saturated heterocycles. The van der Waals surface area contributed by atoms with Gasteiger partial charge in [-0.15, -0.1) is 5.10 Å². The Morgan fingerprint density at radius 1 is 1.19 bits per heavy atom. The average Bonchev–Trinajstić information content (AvgIpc) is 3.28. The van der Waals surface area contributed by atoms with Crippen LogP contribution in [0.3, 0.4) is 0 Å². The van der Waals surface area contributed by atoms with E-state index in [9.17, 15) is 13.2 Å². The summed E-state index contributed by atoms with van der Waals surface area (Å²) in [7, 11) is 1.76. The number of rotatable bonds is 1. The summed E-state index contributed by atoms with van der Waals surface area (Å²) in [6.45, 7) is 1.71. The van der Waals surface area contributed by atoms with Crippen molar-refractivity contribution >= 4 is 22.5 Å². The van der Waals surface area contributed by atoms with Crippen LogP contribution in [0.2, 0.25) is 0 Å². The highest BCUT2D eigenvalue weighted by atomic mass is 19.4. The van der Waals surface area contributed by atoms with Crippen molar-refractivity contribution < 1.29 is 13.2 Å². The zero-order valence-corrected chi connectivity index (χ0v) is 14.3. The highest BCUT2D eigenvalue weighted by Crippen LogP contribution is 2.42. The molecule has 0 fully saturated rings. The van der Waals surface area contributed by atoms with Crippen LogP contribution in [0.5, 0.6) is 0 Å². The Bertz CT molecular complexity index is 1170. The molecular weight excluding hydrogens is 363 g/mol. The summed E-state index contributed by atoms with van der Waals surface area (Å²) in [5.74, 6) is 0.541. The molecule has 5 rings (SSSR count). The predicted octanol–water partition coefficient (Wildman–Crippen LogP) is 2.18. The smallest absolute Gasteiger partial charge is 0.367 e. The molecule has 4 aromatic rings. The molecule has 2 atom stereocenters. The van der Waals surface area contributed by atoms with Crippen LogP contribution >= 0.6 is 0 Å². The number of nitrogens with one attached hydrogen (secondary N) is 1. The Morgan fingerprint density at radius 2 is 2.00 bits per heavy atom. The first-order chi connectivity index (χ1) is 12.8. The first-order valence-corrected chi connectivity index (χ1v) is 8.27. The second-order valence-electron chi connectivity index (χ2n) is 6.64. The van der Waals surface area contributed by atoms with Crippen molar-refractivity contribution in [3.63, 3.8) is 0 Å². The fourth-order valence-electron chi connectivity index (χ4n) is 3.46. The maximum Gasteiger partial charge on any atom is 0.410 e. The molecule has 1 aliphatic rings. The predicted molar refractivity (Wildman–Crippen MR) is 89.1 cm³/mol. The summed E-state index contributed by atoms with van der Waals surface area (Å²) in [6, 6.07) is -2.04. The molecule has 0 amide bonds. The number of hydrogen-bond acceptors (Lipinski definition) is 6. The van der Waals surface area contributed by atoms with Gasteiger partial charge < -0.3 is 5.32 Å². The Labute approximate surface area is 149 Å². The third kappa shape index (κ3) is 2.28. The zero-order chi connectivity index (χ0) is 18.9. The average molecular weight is 377 g/mol. The van der Waals surface area contributed by atoms with Crippen molar-refractivity contribution in [2.45, 2.75) is 31.6 Å². The van der Waals surface area contributed by atoms with E-state index >= 15 is 0 Å². The fourth-order valence-corrected chi connectivity index (χ4v) is 3.46. The molecule has 12 heteroatoms. The van der Waals surface area contributed by atoms with Gasteiger partial charge in [-0.25, -0.2) is 19.2 Å². The van der Waals surface area contributed by atoms with Gasteiger partial charge in [-0.3, -0.25) is 4.68 Å². The Kier molecular flexibility index (Phi) is 3.07. The van der Waals surface area contributed by atoms with Crippen molar-refractivity contribution in [2.75, 3.05) is 5.32 Å². The van der Waals surface area contributed by atoms with Crippen LogP contribution in [-0.2, 0) is 7.05 Å². The quantitative estimate of drug-likeness (QED) is 0.547. The van der Waals surface area contributed by atoms with Gasteiger partial charge >= 0.3 is 6.18 Å². The molecule has 27 heavy (non-hydrogen) atoms. The van der Waals surface area contributed by atoms with Gasteiger partial charge in [0.2, 0.25) is 0 Å². The molecule has 0 saturated carbocycles. The van der Waals surface area contributed by atoms with Gasteiger partial charge in [0.15, 0.2) is 23.2 Å². The number of aryl methyl sites for hydroxylation is 1. The second-order valence-corrected chi connectivity index (χ2v) is 6.64. The van der Waals surface area contributed by atoms with E-state index in [-0.39, 0.29) is 24.1 Å². The SMILES string of the molecule is CC1CC(C(F)(F)F)n2ncc(-c3nc4c5cnn(C)c5ncn4n3)c2N1. The molecule has 140 valence electrons. The Hall–Kier alpha value is -3.18. The molecular formula is C15H14F3N9. The van der Waals surface area contributed by atoms with Gasteiger partial charge in [0, 0.05) is 13.1 Å².